The van der Waals surface area contributed by atoms with Crippen LogP contribution in [0, 0.1) is 32.4 Å². The topological polar surface area (TPSA) is 0 Å². The van der Waals surface area contributed by atoms with Crippen molar-refractivity contribution in [3.8, 4) is 0 Å². The molecule has 0 spiro atoms. The lowest BCUT2D eigenvalue weighted by atomic mass is 10.1. The predicted molar refractivity (Wildman–Crippen MR) is 72.0 cm³/mol. The molecular weight excluding hydrogens is 254 g/mol. The van der Waals surface area contributed by atoms with E-state index in [2.05, 4.69) is 0 Å². The van der Waals surface area contributed by atoms with E-state index in [-0.39, 0.29) is 16.7 Å². The van der Waals surface area contributed by atoms with Gasteiger partial charge in [0.15, 0.2) is 0 Å². The Labute approximate surface area is 111 Å². The van der Waals surface area contributed by atoms with E-state index in [1.54, 1.807) is 25.1 Å². The van der Waals surface area contributed by atoms with Crippen molar-refractivity contribution in [2.24, 2.45) is 0 Å². The number of hydrogen-bond acceptors (Lipinski definition) is 0. The number of halogens is 3. The molecule has 0 nitrogen and oxygen atoms in total. The van der Waals surface area contributed by atoms with Crippen LogP contribution in [-0.2, 0) is 0 Å². The van der Waals surface area contributed by atoms with Gasteiger partial charge in [-0.2, -0.15) is 0 Å². The Balaban J connectivity index is 0.000000180. The summed E-state index contributed by atoms with van der Waals surface area (Å²) in [5, 5.41) is 0.190. The van der Waals surface area contributed by atoms with E-state index < -0.39 is 0 Å². The van der Waals surface area contributed by atoms with Gasteiger partial charge in [-0.25, -0.2) is 8.78 Å². The van der Waals surface area contributed by atoms with E-state index in [1.165, 1.54) is 12.1 Å². The quantitative estimate of drug-likeness (QED) is 0.614. The van der Waals surface area contributed by atoms with Gasteiger partial charge in [-0.1, -0.05) is 35.4 Å². The van der Waals surface area contributed by atoms with Crippen molar-refractivity contribution in [2.75, 3.05) is 0 Å². The number of benzene rings is 2. The normalized spacial score (nSPS) is 9.67. The first-order valence-electron chi connectivity index (χ1n) is 5.54. The molecule has 0 amide bonds. The Morgan fingerprint density at radius 1 is 0.778 bits per heavy atom. The van der Waals surface area contributed by atoms with Crippen molar-refractivity contribution < 1.29 is 8.78 Å². The highest BCUT2D eigenvalue weighted by atomic mass is 35.5. The Bertz CT molecular complexity index is 487. The molecule has 96 valence electrons. The zero-order valence-electron chi connectivity index (χ0n) is 10.6. The van der Waals surface area contributed by atoms with Gasteiger partial charge in [0.1, 0.15) is 11.6 Å². The molecule has 0 fully saturated rings. The number of rotatable bonds is 0. The van der Waals surface area contributed by atoms with Crippen LogP contribution in [0.5, 0.6) is 0 Å². The molecular formula is C15H15ClF2. The Morgan fingerprint density at radius 2 is 1.28 bits per heavy atom. The summed E-state index contributed by atoms with van der Waals surface area (Å²) in [5.74, 6) is -0.483. The van der Waals surface area contributed by atoms with Crippen molar-refractivity contribution >= 4 is 11.6 Å². The van der Waals surface area contributed by atoms with Crippen molar-refractivity contribution in [1.29, 1.82) is 0 Å². The standard InChI is InChI=1S/C8H9F.C7H6ClF/c1-6-3-4-8(9)7(2)5-6;1-5-2-3-7(9)6(8)4-5/h3-5H,1-2H3;2-4H,1H3. The van der Waals surface area contributed by atoms with E-state index in [0.717, 1.165) is 16.7 Å². The first kappa shape index (κ1) is 14.7. The Morgan fingerprint density at radius 3 is 1.67 bits per heavy atom. The van der Waals surface area contributed by atoms with E-state index in [9.17, 15) is 8.78 Å². The highest BCUT2D eigenvalue weighted by Crippen LogP contribution is 2.14. The fourth-order valence-electron chi connectivity index (χ4n) is 1.40. The molecule has 0 heterocycles. The van der Waals surface area contributed by atoms with Crippen molar-refractivity contribution in [2.45, 2.75) is 20.8 Å². The minimum atomic E-state index is -0.359. The van der Waals surface area contributed by atoms with E-state index in [0.29, 0.717) is 0 Å². The van der Waals surface area contributed by atoms with Crippen LogP contribution in [0.15, 0.2) is 36.4 Å². The fourth-order valence-corrected chi connectivity index (χ4v) is 1.63. The van der Waals surface area contributed by atoms with E-state index in [4.69, 9.17) is 11.6 Å². The second-order valence-corrected chi connectivity index (χ2v) is 4.58. The first-order chi connectivity index (χ1) is 8.40. The van der Waals surface area contributed by atoms with Gasteiger partial charge >= 0.3 is 0 Å². The van der Waals surface area contributed by atoms with Crippen LogP contribution in [-0.4, -0.2) is 0 Å². The summed E-state index contributed by atoms with van der Waals surface area (Å²) in [6, 6.07) is 9.72. The lowest BCUT2D eigenvalue weighted by Crippen LogP contribution is -1.81. The summed E-state index contributed by atoms with van der Waals surface area (Å²) < 4.78 is 24.9. The molecule has 3 heteroatoms. The summed E-state index contributed by atoms with van der Waals surface area (Å²) in [6.45, 7) is 5.58. The highest BCUT2D eigenvalue weighted by molar-refractivity contribution is 6.30. The van der Waals surface area contributed by atoms with Crippen LogP contribution >= 0.6 is 11.6 Å². The summed E-state index contributed by atoms with van der Waals surface area (Å²) in [7, 11) is 0. The SMILES string of the molecule is Cc1ccc(F)c(C)c1.Cc1ccc(F)c(Cl)c1. The number of hydrogen-bond donors (Lipinski definition) is 0. The molecule has 0 aromatic heterocycles. The van der Waals surface area contributed by atoms with Gasteiger partial charge in [-0.15, -0.1) is 0 Å². The number of aryl methyl sites for hydroxylation is 3. The smallest absolute Gasteiger partial charge is 0.141 e. The molecule has 0 radical (unpaired) electrons. The van der Waals surface area contributed by atoms with Gasteiger partial charge in [-0.3, -0.25) is 0 Å². The second-order valence-electron chi connectivity index (χ2n) is 4.17. The van der Waals surface area contributed by atoms with Crippen molar-refractivity contribution in [3.05, 3.63) is 69.7 Å². The van der Waals surface area contributed by atoms with Gasteiger partial charge < -0.3 is 0 Å². The molecule has 0 atom stereocenters. The van der Waals surface area contributed by atoms with E-state index in [1.807, 2.05) is 19.9 Å². The molecule has 0 N–H and O–H groups in total. The largest absolute Gasteiger partial charge is 0.207 e. The lowest BCUT2D eigenvalue weighted by Gasteiger charge is -1.95. The molecule has 0 aliphatic heterocycles. The van der Waals surface area contributed by atoms with Crippen LogP contribution in [0.3, 0.4) is 0 Å². The third kappa shape index (κ3) is 4.46. The first-order valence-corrected chi connectivity index (χ1v) is 5.92. The van der Waals surface area contributed by atoms with Gasteiger partial charge in [-0.05, 0) is 50.1 Å². The van der Waals surface area contributed by atoms with Gasteiger partial charge in [0.25, 0.3) is 0 Å². The molecule has 0 unspecified atom stereocenters. The Hall–Kier alpha value is -1.41. The minimum Gasteiger partial charge on any atom is -0.207 e. The summed E-state index contributed by atoms with van der Waals surface area (Å²) in [4.78, 5) is 0. The second kappa shape index (κ2) is 6.50. The van der Waals surface area contributed by atoms with Crippen LogP contribution in [0.2, 0.25) is 5.02 Å². The van der Waals surface area contributed by atoms with Gasteiger partial charge in [0.05, 0.1) is 5.02 Å². The molecule has 18 heavy (non-hydrogen) atoms. The maximum Gasteiger partial charge on any atom is 0.141 e. The van der Waals surface area contributed by atoms with Gasteiger partial charge in [0.2, 0.25) is 0 Å². The molecule has 2 aromatic carbocycles. The van der Waals surface area contributed by atoms with Gasteiger partial charge in [0, 0.05) is 0 Å². The highest BCUT2D eigenvalue weighted by Gasteiger charge is 1.95. The molecule has 0 saturated carbocycles. The van der Waals surface area contributed by atoms with Crippen LogP contribution in [0.4, 0.5) is 8.78 Å². The van der Waals surface area contributed by atoms with Crippen LogP contribution < -0.4 is 0 Å². The maximum atomic E-state index is 12.5. The van der Waals surface area contributed by atoms with Crippen LogP contribution in [0.25, 0.3) is 0 Å². The zero-order valence-corrected chi connectivity index (χ0v) is 11.4. The zero-order chi connectivity index (χ0) is 13.7. The average molecular weight is 269 g/mol. The lowest BCUT2D eigenvalue weighted by molar-refractivity contribution is 0.618. The molecule has 0 saturated heterocycles. The summed E-state index contributed by atoms with van der Waals surface area (Å²) >= 11 is 5.44. The minimum absolute atomic E-state index is 0.124. The van der Waals surface area contributed by atoms with E-state index >= 15 is 0 Å². The van der Waals surface area contributed by atoms with Crippen molar-refractivity contribution in [3.63, 3.8) is 0 Å². The predicted octanol–water partition coefficient (Wildman–Crippen LogP) is 5.23. The summed E-state index contributed by atoms with van der Waals surface area (Å²) in [5.41, 5.74) is 2.80. The molecule has 0 aliphatic rings. The average Bonchev–Trinajstić information content (AvgIpc) is 2.30. The Kier molecular flexibility index (Phi) is 5.29. The molecule has 0 aliphatic carbocycles. The summed E-state index contributed by atoms with van der Waals surface area (Å²) in [6.07, 6.45) is 0. The molecule has 0 bridgehead atoms. The third-order valence-electron chi connectivity index (χ3n) is 2.39. The van der Waals surface area contributed by atoms with Crippen molar-refractivity contribution in [1.82, 2.24) is 0 Å². The third-order valence-corrected chi connectivity index (χ3v) is 2.68. The monoisotopic (exact) mass is 268 g/mol. The molecule has 2 aromatic rings. The molecule has 2 rings (SSSR count). The fraction of sp³-hybridized carbons (Fsp3) is 0.200. The van der Waals surface area contributed by atoms with Crippen LogP contribution in [0.1, 0.15) is 16.7 Å². The maximum absolute atomic E-state index is 12.5.